The zero-order valence-corrected chi connectivity index (χ0v) is 14.0. The number of carbonyl (C=O) groups is 1. The van der Waals surface area contributed by atoms with E-state index in [0.29, 0.717) is 0 Å². The van der Waals surface area contributed by atoms with E-state index in [-0.39, 0.29) is 36.5 Å². The molecule has 0 bridgehead atoms. The minimum atomic E-state index is -0.512. The van der Waals surface area contributed by atoms with E-state index < -0.39 is 4.92 Å². The van der Waals surface area contributed by atoms with Crippen molar-refractivity contribution in [1.29, 1.82) is 0 Å². The Morgan fingerprint density at radius 2 is 2.21 bits per heavy atom. The van der Waals surface area contributed by atoms with Crippen molar-refractivity contribution in [2.45, 2.75) is 39.8 Å². The normalized spacial score (nSPS) is 12.2. The van der Waals surface area contributed by atoms with Gasteiger partial charge in [-0.25, -0.2) is 0 Å². The molecule has 0 saturated heterocycles. The van der Waals surface area contributed by atoms with Gasteiger partial charge in [0.1, 0.15) is 12.4 Å². The molecule has 0 radical (unpaired) electrons. The van der Waals surface area contributed by atoms with Crippen LogP contribution in [0.4, 0.5) is 5.69 Å². The first-order valence-electron chi connectivity index (χ1n) is 7.76. The van der Waals surface area contributed by atoms with Crippen LogP contribution in [0.3, 0.4) is 0 Å². The van der Waals surface area contributed by atoms with Gasteiger partial charge in [-0.05, 0) is 24.5 Å². The zero-order valence-electron chi connectivity index (χ0n) is 14.0. The van der Waals surface area contributed by atoms with Crippen LogP contribution in [-0.2, 0) is 11.3 Å². The molecule has 0 aliphatic rings. The number of hydrogen-bond acceptors (Lipinski definition) is 5. The Hall–Kier alpha value is -2.77. The van der Waals surface area contributed by atoms with E-state index in [0.717, 1.165) is 11.3 Å². The molecule has 128 valence electrons. The van der Waals surface area contributed by atoms with Crippen molar-refractivity contribution < 1.29 is 9.72 Å². The van der Waals surface area contributed by atoms with Crippen molar-refractivity contribution in [2.75, 3.05) is 0 Å². The number of amides is 1. The van der Waals surface area contributed by atoms with E-state index in [9.17, 15) is 14.9 Å². The molecule has 2 heterocycles. The van der Waals surface area contributed by atoms with Gasteiger partial charge < -0.3 is 5.32 Å². The van der Waals surface area contributed by atoms with Crippen LogP contribution in [-0.4, -0.2) is 25.6 Å². The van der Waals surface area contributed by atoms with Gasteiger partial charge in [0.25, 0.3) is 0 Å². The summed E-state index contributed by atoms with van der Waals surface area (Å²) in [5.41, 5.74) is 1.80. The highest BCUT2D eigenvalue weighted by molar-refractivity contribution is 5.76. The van der Waals surface area contributed by atoms with Crippen molar-refractivity contribution in [3.05, 3.63) is 52.1 Å². The molecule has 0 spiro atoms. The number of aromatic nitrogens is 3. The lowest BCUT2D eigenvalue weighted by Gasteiger charge is -2.23. The van der Waals surface area contributed by atoms with E-state index in [1.165, 1.54) is 17.1 Å². The highest BCUT2D eigenvalue weighted by Gasteiger charge is 2.21. The van der Waals surface area contributed by atoms with Crippen molar-refractivity contribution >= 4 is 11.6 Å². The molecule has 8 nitrogen and oxygen atoms in total. The van der Waals surface area contributed by atoms with Crippen LogP contribution in [0.25, 0.3) is 0 Å². The van der Waals surface area contributed by atoms with Crippen LogP contribution in [0, 0.1) is 23.0 Å². The lowest BCUT2D eigenvalue weighted by molar-refractivity contribution is -0.385. The lowest BCUT2D eigenvalue weighted by Crippen LogP contribution is -2.33. The number of aryl methyl sites for hydroxylation is 2. The van der Waals surface area contributed by atoms with Crippen molar-refractivity contribution in [3.63, 3.8) is 0 Å². The Kier molecular flexibility index (Phi) is 5.62. The molecule has 1 amide bonds. The summed E-state index contributed by atoms with van der Waals surface area (Å²) in [5.74, 6) is 0.0465. The highest BCUT2D eigenvalue weighted by atomic mass is 16.6. The predicted molar refractivity (Wildman–Crippen MR) is 88.2 cm³/mol. The van der Waals surface area contributed by atoms with Crippen LogP contribution < -0.4 is 5.32 Å². The summed E-state index contributed by atoms with van der Waals surface area (Å²) in [5, 5.41) is 17.5. The number of pyridine rings is 1. The monoisotopic (exact) mass is 331 g/mol. The molecule has 2 aromatic rings. The summed E-state index contributed by atoms with van der Waals surface area (Å²) in [4.78, 5) is 26.7. The summed E-state index contributed by atoms with van der Waals surface area (Å²) in [6.45, 7) is 6.30. The first-order chi connectivity index (χ1) is 11.4. The molecule has 0 aliphatic heterocycles. The van der Waals surface area contributed by atoms with Gasteiger partial charge in [-0.1, -0.05) is 19.9 Å². The third-order valence-corrected chi connectivity index (χ3v) is 3.73. The number of nitrogens with zero attached hydrogens (tertiary/aromatic N) is 4. The quantitative estimate of drug-likeness (QED) is 0.620. The Labute approximate surface area is 140 Å². The fraction of sp³-hybridized carbons (Fsp3) is 0.438. The Bertz CT molecular complexity index is 726. The number of nitrogens with one attached hydrogen (secondary N) is 1. The van der Waals surface area contributed by atoms with Gasteiger partial charge in [0.2, 0.25) is 5.91 Å². The van der Waals surface area contributed by atoms with Gasteiger partial charge in [-0.3, -0.25) is 24.6 Å². The fourth-order valence-corrected chi connectivity index (χ4v) is 2.41. The summed E-state index contributed by atoms with van der Waals surface area (Å²) in [6.07, 6.45) is 4.39. The molecule has 2 rings (SSSR count). The minimum Gasteiger partial charge on any atom is -0.347 e. The topological polar surface area (TPSA) is 103 Å². The van der Waals surface area contributed by atoms with Crippen molar-refractivity contribution in [3.8, 4) is 0 Å². The molecule has 2 aromatic heterocycles. The first kappa shape index (κ1) is 17.6. The van der Waals surface area contributed by atoms with E-state index in [4.69, 9.17) is 0 Å². The van der Waals surface area contributed by atoms with E-state index in [2.05, 4.69) is 15.4 Å². The van der Waals surface area contributed by atoms with Crippen molar-refractivity contribution in [2.24, 2.45) is 5.92 Å². The van der Waals surface area contributed by atoms with Crippen LogP contribution in [0.5, 0.6) is 0 Å². The molecule has 8 heteroatoms. The third kappa shape index (κ3) is 4.37. The molecule has 1 atom stereocenters. The summed E-state index contributed by atoms with van der Waals surface area (Å²) in [6, 6.07) is 3.65. The molecular weight excluding hydrogens is 310 g/mol. The smallest absolute Gasteiger partial charge is 0.306 e. The van der Waals surface area contributed by atoms with Crippen LogP contribution >= 0.6 is 0 Å². The fourth-order valence-electron chi connectivity index (χ4n) is 2.41. The minimum absolute atomic E-state index is 0.0837. The maximum atomic E-state index is 12.2. The largest absolute Gasteiger partial charge is 0.347 e. The van der Waals surface area contributed by atoms with Crippen LogP contribution in [0.1, 0.15) is 37.6 Å². The van der Waals surface area contributed by atoms with E-state index >= 15 is 0 Å². The second kappa shape index (κ2) is 7.67. The Balaban J connectivity index is 1.98. The zero-order chi connectivity index (χ0) is 17.7. The summed E-state index contributed by atoms with van der Waals surface area (Å²) in [7, 11) is 0. The van der Waals surface area contributed by atoms with Crippen LogP contribution in [0.2, 0.25) is 0 Å². The van der Waals surface area contributed by atoms with Crippen molar-refractivity contribution in [1.82, 2.24) is 20.1 Å². The standard InChI is InChI=1S/C16H21N5O3/c1-11(2)15(16-12(3)5-4-7-17-16)19-14(22)6-8-20-10-13(9-18-20)21(23)24/h4-5,7,9-11,15H,6,8H2,1-3H3,(H,19,22)/t15-/m0/s1. The van der Waals surface area contributed by atoms with Gasteiger partial charge >= 0.3 is 5.69 Å². The summed E-state index contributed by atoms with van der Waals surface area (Å²) >= 11 is 0. The molecule has 0 fully saturated rings. The van der Waals surface area contributed by atoms with E-state index in [1.807, 2.05) is 32.9 Å². The maximum Gasteiger partial charge on any atom is 0.306 e. The second-order valence-electron chi connectivity index (χ2n) is 5.96. The second-order valence-corrected chi connectivity index (χ2v) is 5.96. The summed E-state index contributed by atoms with van der Waals surface area (Å²) < 4.78 is 1.40. The molecular formula is C16H21N5O3. The average Bonchev–Trinajstić information content (AvgIpc) is 3.00. The Morgan fingerprint density at radius 1 is 1.46 bits per heavy atom. The molecule has 0 aromatic carbocycles. The molecule has 1 N–H and O–H groups in total. The first-order valence-corrected chi connectivity index (χ1v) is 7.76. The van der Waals surface area contributed by atoms with Gasteiger partial charge in [0.05, 0.1) is 16.7 Å². The number of hydrogen-bond donors (Lipinski definition) is 1. The molecule has 0 unspecified atom stereocenters. The molecule has 0 aliphatic carbocycles. The average molecular weight is 331 g/mol. The maximum absolute atomic E-state index is 12.2. The third-order valence-electron chi connectivity index (χ3n) is 3.73. The molecule has 0 saturated carbocycles. The predicted octanol–water partition coefficient (Wildman–Crippen LogP) is 2.40. The van der Waals surface area contributed by atoms with Gasteiger partial charge in [0.15, 0.2) is 0 Å². The number of carbonyl (C=O) groups excluding carboxylic acids is 1. The number of nitro groups is 1. The lowest BCUT2D eigenvalue weighted by atomic mass is 9.97. The van der Waals surface area contributed by atoms with Gasteiger partial charge in [0, 0.05) is 19.2 Å². The Morgan fingerprint density at radius 3 is 2.79 bits per heavy atom. The number of rotatable bonds is 7. The van der Waals surface area contributed by atoms with E-state index in [1.54, 1.807) is 6.20 Å². The highest BCUT2D eigenvalue weighted by Crippen LogP contribution is 2.22. The van der Waals surface area contributed by atoms with Gasteiger partial charge in [-0.15, -0.1) is 0 Å². The SMILES string of the molecule is Cc1cccnc1[C@@H](NC(=O)CCn1cc([N+](=O)[O-])cn1)C(C)C. The van der Waals surface area contributed by atoms with Gasteiger partial charge in [-0.2, -0.15) is 5.10 Å². The van der Waals surface area contributed by atoms with Crippen LogP contribution in [0.15, 0.2) is 30.7 Å². The molecule has 24 heavy (non-hydrogen) atoms.